The maximum absolute atomic E-state index is 12.5. The van der Waals surface area contributed by atoms with Crippen LogP contribution in [0.4, 0.5) is 0 Å². The number of hydrogen-bond acceptors (Lipinski definition) is 3. The van der Waals surface area contributed by atoms with Gasteiger partial charge in [-0.05, 0) is 37.3 Å². The summed E-state index contributed by atoms with van der Waals surface area (Å²) in [6, 6.07) is 7.23. The van der Waals surface area contributed by atoms with E-state index in [9.17, 15) is 9.90 Å². The van der Waals surface area contributed by atoms with Crippen molar-refractivity contribution >= 4 is 5.78 Å². The van der Waals surface area contributed by atoms with Crippen LogP contribution in [0.1, 0.15) is 55.8 Å². The largest absolute Gasteiger partial charge is 0.493 e. The number of benzene rings is 1. The maximum Gasteiger partial charge on any atom is 0.195 e. The van der Waals surface area contributed by atoms with Gasteiger partial charge >= 0.3 is 0 Å². The molecule has 1 unspecified atom stereocenters. The summed E-state index contributed by atoms with van der Waals surface area (Å²) in [6.45, 7) is 2.62. The van der Waals surface area contributed by atoms with Crippen molar-refractivity contribution in [3.8, 4) is 5.75 Å². The Bertz CT molecular complexity index is 436. The van der Waals surface area contributed by atoms with Crippen LogP contribution in [-0.4, -0.2) is 23.6 Å². The third-order valence-corrected chi connectivity index (χ3v) is 3.98. The van der Waals surface area contributed by atoms with Crippen molar-refractivity contribution in [3.63, 3.8) is 0 Å². The Morgan fingerprint density at radius 2 is 2.00 bits per heavy atom. The molecular weight excluding hydrogens is 252 g/mol. The van der Waals surface area contributed by atoms with Gasteiger partial charge in [0.25, 0.3) is 0 Å². The fourth-order valence-corrected chi connectivity index (χ4v) is 2.83. The fourth-order valence-electron chi connectivity index (χ4n) is 2.83. The van der Waals surface area contributed by atoms with Gasteiger partial charge in [0.2, 0.25) is 0 Å². The summed E-state index contributed by atoms with van der Waals surface area (Å²) >= 11 is 0. The van der Waals surface area contributed by atoms with Crippen molar-refractivity contribution < 1.29 is 14.6 Å². The Kier molecular flexibility index (Phi) is 5.60. The Morgan fingerprint density at radius 1 is 1.30 bits per heavy atom. The molecule has 1 aliphatic rings. The predicted octanol–water partition coefficient (Wildman–Crippen LogP) is 3.60. The molecule has 20 heavy (non-hydrogen) atoms. The molecule has 1 fully saturated rings. The number of Topliss-reactive ketones (excluding diaryl/α,β-unsaturated/α-hetero) is 1. The molecule has 1 atom stereocenters. The van der Waals surface area contributed by atoms with E-state index in [4.69, 9.17) is 4.74 Å². The number of para-hydroxylation sites is 1. The monoisotopic (exact) mass is 276 g/mol. The van der Waals surface area contributed by atoms with E-state index in [1.807, 2.05) is 19.1 Å². The van der Waals surface area contributed by atoms with Gasteiger partial charge in [0.05, 0.1) is 12.2 Å². The average Bonchev–Trinajstić information content (AvgIpc) is 2.52. The second-order valence-corrected chi connectivity index (χ2v) is 5.55. The summed E-state index contributed by atoms with van der Waals surface area (Å²) < 4.78 is 5.61. The number of ketones is 1. The van der Waals surface area contributed by atoms with Crippen molar-refractivity contribution in [1.29, 1.82) is 0 Å². The van der Waals surface area contributed by atoms with Crippen LogP contribution in [0.25, 0.3) is 0 Å². The summed E-state index contributed by atoms with van der Waals surface area (Å²) in [7, 11) is 0. The van der Waals surface area contributed by atoms with Gasteiger partial charge in [0.1, 0.15) is 11.9 Å². The lowest BCUT2D eigenvalue weighted by molar-refractivity contribution is 0.0531. The SMILES string of the molecule is CCCOc1ccccc1C(=O)C(O)C1CCCCC1. The highest BCUT2D eigenvalue weighted by Crippen LogP contribution is 2.29. The highest BCUT2D eigenvalue weighted by molar-refractivity contribution is 6.01. The van der Waals surface area contributed by atoms with Crippen molar-refractivity contribution in [2.24, 2.45) is 5.92 Å². The van der Waals surface area contributed by atoms with Crippen LogP contribution in [0, 0.1) is 5.92 Å². The molecular formula is C17H24O3. The molecule has 0 aromatic heterocycles. The quantitative estimate of drug-likeness (QED) is 0.807. The number of aliphatic hydroxyl groups excluding tert-OH is 1. The molecule has 0 bridgehead atoms. The van der Waals surface area contributed by atoms with Crippen LogP contribution >= 0.6 is 0 Å². The molecule has 110 valence electrons. The zero-order valence-electron chi connectivity index (χ0n) is 12.2. The molecule has 0 spiro atoms. The molecule has 2 rings (SSSR count). The van der Waals surface area contributed by atoms with E-state index in [1.54, 1.807) is 12.1 Å². The lowest BCUT2D eigenvalue weighted by atomic mass is 9.82. The van der Waals surface area contributed by atoms with Gasteiger partial charge in [-0.15, -0.1) is 0 Å². The highest BCUT2D eigenvalue weighted by Gasteiger charge is 2.29. The third kappa shape index (κ3) is 3.60. The minimum absolute atomic E-state index is 0.107. The first kappa shape index (κ1) is 15.0. The first-order chi connectivity index (χ1) is 9.74. The standard InChI is InChI=1S/C17H24O3/c1-2-12-20-15-11-7-6-10-14(15)17(19)16(18)13-8-4-3-5-9-13/h6-7,10-11,13,16,18H,2-5,8-9,12H2,1H3. The number of carbonyl (C=O) groups is 1. The Morgan fingerprint density at radius 3 is 2.70 bits per heavy atom. The molecule has 0 radical (unpaired) electrons. The van der Waals surface area contributed by atoms with E-state index in [-0.39, 0.29) is 11.7 Å². The molecule has 1 N–H and O–H groups in total. The molecule has 0 amide bonds. The van der Waals surface area contributed by atoms with Crippen molar-refractivity contribution in [1.82, 2.24) is 0 Å². The first-order valence-electron chi connectivity index (χ1n) is 7.68. The highest BCUT2D eigenvalue weighted by atomic mass is 16.5. The smallest absolute Gasteiger partial charge is 0.195 e. The van der Waals surface area contributed by atoms with Gasteiger partial charge in [-0.1, -0.05) is 38.3 Å². The molecule has 3 nitrogen and oxygen atoms in total. The number of hydrogen-bond donors (Lipinski definition) is 1. The van der Waals surface area contributed by atoms with Crippen molar-refractivity contribution in [2.75, 3.05) is 6.61 Å². The van der Waals surface area contributed by atoms with Crippen LogP contribution in [-0.2, 0) is 0 Å². The molecule has 1 saturated carbocycles. The second kappa shape index (κ2) is 7.44. The van der Waals surface area contributed by atoms with E-state index in [1.165, 1.54) is 6.42 Å². The van der Waals surface area contributed by atoms with Gasteiger partial charge in [-0.25, -0.2) is 0 Å². The minimum atomic E-state index is -0.887. The van der Waals surface area contributed by atoms with Gasteiger partial charge in [0, 0.05) is 0 Å². The minimum Gasteiger partial charge on any atom is -0.493 e. The maximum atomic E-state index is 12.5. The Hall–Kier alpha value is -1.35. The summed E-state index contributed by atoms with van der Waals surface area (Å²) in [5, 5.41) is 10.3. The van der Waals surface area contributed by atoms with Crippen molar-refractivity contribution in [3.05, 3.63) is 29.8 Å². The van der Waals surface area contributed by atoms with Crippen LogP contribution in [0.3, 0.4) is 0 Å². The number of ether oxygens (including phenoxy) is 1. The Labute approximate surface area is 121 Å². The lowest BCUT2D eigenvalue weighted by Gasteiger charge is -2.26. The second-order valence-electron chi connectivity index (χ2n) is 5.55. The molecule has 0 heterocycles. The lowest BCUT2D eigenvalue weighted by Crippen LogP contribution is -2.31. The molecule has 1 aromatic rings. The van der Waals surface area contributed by atoms with Gasteiger partial charge in [-0.2, -0.15) is 0 Å². The van der Waals surface area contributed by atoms with Crippen LogP contribution in [0.5, 0.6) is 5.75 Å². The molecule has 1 aromatic carbocycles. The summed E-state index contributed by atoms with van der Waals surface area (Å²) in [6.07, 6.45) is 5.35. The summed E-state index contributed by atoms with van der Waals surface area (Å²) in [5.74, 6) is 0.508. The fraction of sp³-hybridized carbons (Fsp3) is 0.588. The number of carbonyl (C=O) groups excluding carboxylic acids is 1. The van der Waals surface area contributed by atoms with Gasteiger partial charge in [-0.3, -0.25) is 4.79 Å². The van der Waals surface area contributed by atoms with Crippen LogP contribution < -0.4 is 4.74 Å². The third-order valence-electron chi connectivity index (χ3n) is 3.98. The van der Waals surface area contributed by atoms with Crippen molar-refractivity contribution in [2.45, 2.75) is 51.6 Å². The predicted molar refractivity (Wildman–Crippen MR) is 79.1 cm³/mol. The first-order valence-corrected chi connectivity index (χ1v) is 7.68. The topological polar surface area (TPSA) is 46.5 Å². The van der Waals surface area contributed by atoms with E-state index >= 15 is 0 Å². The Balaban J connectivity index is 2.11. The van der Waals surface area contributed by atoms with E-state index in [0.29, 0.717) is 17.9 Å². The van der Waals surface area contributed by atoms with E-state index < -0.39 is 6.10 Å². The molecule has 0 saturated heterocycles. The number of aliphatic hydroxyl groups is 1. The zero-order valence-corrected chi connectivity index (χ0v) is 12.2. The normalized spacial score (nSPS) is 17.7. The van der Waals surface area contributed by atoms with Crippen LogP contribution in [0.2, 0.25) is 0 Å². The summed E-state index contributed by atoms with van der Waals surface area (Å²) in [5.41, 5.74) is 0.513. The van der Waals surface area contributed by atoms with Gasteiger partial charge in [0.15, 0.2) is 5.78 Å². The zero-order chi connectivity index (χ0) is 14.4. The summed E-state index contributed by atoms with van der Waals surface area (Å²) in [4.78, 5) is 12.5. The number of rotatable bonds is 6. The molecule has 1 aliphatic carbocycles. The van der Waals surface area contributed by atoms with Crippen LogP contribution in [0.15, 0.2) is 24.3 Å². The van der Waals surface area contributed by atoms with E-state index in [0.717, 1.165) is 32.1 Å². The van der Waals surface area contributed by atoms with Gasteiger partial charge < -0.3 is 9.84 Å². The average molecular weight is 276 g/mol. The molecule has 3 heteroatoms. The molecule has 0 aliphatic heterocycles. The van der Waals surface area contributed by atoms with E-state index in [2.05, 4.69) is 0 Å².